The van der Waals surface area contributed by atoms with Crippen LogP contribution in [0.3, 0.4) is 0 Å². The van der Waals surface area contributed by atoms with Gasteiger partial charge in [-0.2, -0.15) is 8.78 Å². The highest BCUT2D eigenvalue weighted by molar-refractivity contribution is 5.84. The van der Waals surface area contributed by atoms with Crippen molar-refractivity contribution in [1.29, 1.82) is 0 Å². The maximum Gasteiger partial charge on any atom is 0.383 e. The minimum Gasteiger partial charge on any atom is -0.334 e. The van der Waals surface area contributed by atoms with Gasteiger partial charge < -0.3 is 10.6 Å². The predicted molar refractivity (Wildman–Crippen MR) is 46.9 cm³/mol. The third kappa shape index (κ3) is 3.33. The molecule has 0 aromatic heterocycles. The molecule has 0 saturated heterocycles. The van der Waals surface area contributed by atoms with Crippen molar-refractivity contribution in [3.05, 3.63) is 0 Å². The normalized spacial score (nSPS) is 12.3. The van der Waals surface area contributed by atoms with Crippen LogP contribution in [0.4, 0.5) is 17.6 Å². The lowest BCUT2D eigenvalue weighted by atomic mass is 10.2. The van der Waals surface area contributed by atoms with Gasteiger partial charge in [-0.1, -0.05) is 0 Å². The molecule has 0 bridgehead atoms. The molecule has 0 aliphatic carbocycles. The Morgan fingerprint density at radius 3 is 2.13 bits per heavy atom. The predicted octanol–water partition coefficient (Wildman–Crippen LogP) is 1.08. The van der Waals surface area contributed by atoms with Crippen molar-refractivity contribution in [2.24, 2.45) is 5.73 Å². The van der Waals surface area contributed by atoms with Gasteiger partial charge in [0.15, 0.2) is 0 Å². The van der Waals surface area contributed by atoms with Crippen LogP contribution < -0.4 is 5.73 Å². The van der Waals surface area contributed by atoms with Crippen LogP contribution in [0, 0.1) is 0 Å². The zero-order valence-electron chi connectivity index (χ0n) is 8.51. The van der Waals surface area contributed by atoms with E-state index in [1.807, 2.05) is 0 Å². The first-order chi connectivity index (χ1) is 6.75. The minimum atomic E-state index is -4.64. The average molecular weight is 230 g/mol. The molecule has 0 rings (SSSR count). The smallest absolute Gasteiger partial charge is 0.334 e. The van der Waals surface area contributed by atoms with E-state index in [0.717, 1.165) is 0 Å². The van der Waals surface area contributed by atoms with E-state index in [9.17, 15) is 22.4 Å². The number of hydrogen-bond donors (Lipinski definition) is 1. The monoisotopic (exact) mass is 230 g/mol. The van der Waals surface area contributed by atoms with Crippen molar-refractivity contribution in [1.82, 2.24) is 4.90 Å². The van der Waals surface area contributed by atoms with Crippen LogP contribution in [0.25, 0.3) is 0 Å². The number of nitrogens with two attached hydrogens (primary N) is 1. The van der Waals surface area contributed by atoms with Crippen molar-refractivity contribution in [3.8, 4) is 0 Å². The molecule has 0 atom stereocenters. The number of hydrogen-bond acceptors (Lipinski definition) is 2. The highest BCUT2D eigenvalue weighted by Gasteiger charge is 2.51. The zero-order valence-corrected chi connectivity index (χ0v) is 8.51. The molecule has 0 aliphatic rings. The highest BCUT2D eigenvalue weighted by atomic mass is 19.3. The molecule has 1 amide bonds. The summed E-state index contributed by atoms with van der Waals surface area (Å²) >= 11 is 0. The summed E-state index contributed by atoms with van der Waals surface area (Å²) < 4.78 is 49.2. The number of alkyl halides is 4. The number of carbonyl (C=O) groups excluding carboxylic acids is 1. The Kier molecular flexibility index (Phi) is 4.99. The Balaban J connectivity index is 4.77. The Hall–Kier alpha value is -0.850. The summed E-state index contributed by atoms with van der Waals surface area (Å²) in [5, 5.41) is 0. The van der Waals surface area contributed by atoms with Crippen LogP contribution in [0.2, 0.25) is 0 Å². The molecule has 0 aromatic carbocycles. The van der Waals surface area contributed by atoms with Gasteiger partial charge in [0.2, 0.25) is 0 Å². The van der Waals surface area contributed by atoms with Gasteiger partial charge in [-0.15, -0.1) is 0 Å². The second kappa shape index (κ2) is 5.29. The first kappa shape index (κ1) is 14.2. The highest BCUT2D eigenvalue weighted by Crippen LogP contribution is 2.26. The van der Waals surface area contributed by atoms with E-state index in [0.29, 0.717) is 4.90 Å². The zero-order chi connectivity index (χ0) is 12.2. The molecule has 0 heterocycles. The molecule has 0 aromatic rings. The summed E-state index contributed by atoms with van der Waals surface area (Å²) in [6, 6.07) is -0.592. The maximum atomic E-state index is 12.7. The molecule has 0 saturated carbocycles. The van der Waals surface area contributed by atoms with Gasteiger partial charge in [0.25, 0.3) is 5.91 Å². The largest absolute Gasteiger partial charge is 0.383 e. The fourth-order valence-corrected chi connectivity index (χ4v) is 1.02. The fourth-order valence-electron chi connectivity index (χ4n) is 1.02. The van der Waals surface area contributed by atoms with Crippen LogP contribution in [0.1, 0.15) is 13.8 Å². The number of amides is 1. The second-order valence-electron chi connectivity index (χ2n) is 3.30. The molecule has 0 aliphatic heterocycles. The summed E-state index contributed by atoms with van der Waals surface area (Å²) in [5.41, 5.74) is 5.10. The lowest BCUT2D eigenvalue weighted by Gasteiger charge is -2.29. The molecule has 0 unspecified atom stereocenters. The van der Waals surface area contributed by atoms with Gasteiger partial charge in [-0.3, -0.25) is 4.79 Å². The van der Waals surface area contributed by atoms with Crippen LogP contribution in [0.5, 0.6) is 0 Å². The van der Waals surface area contributed by atoms with Crippen LogP contribution in [-0.2, 0) is 4.79 Å². The second-order valence-corrected chi connectivity index (χ2v) is 3.30. The Morgan fingerprint density at radius 2 is 1.87 bits per heavy atom. The average Bonchev–Trinajstić information content (AvgIpc) is 2.12. The summed E-state index contributed by atoms with van der Waals surface area (Å²) in [6.07, 6.45) is -4.00. The standard InChI is InChI=1S/C8H14F4N2O/c1-5(2)14(4-3-13)7(15)8(11,12)6(9)10/h5-6H,3-4,13H2,1-2H3. The number of rotatable bonds is 5. The minimum absolute atomic E-state index is 0.0523. The van der Waals surface area contributed by atoms with Crippen molar-refractivity contribution in [2.45, 2.75) is 32.2 Å². The molecule has 90 valence electrons. The Labute approximate surface area is 85.2 Å². The van der Waals surface area contributed by atoms with Crippen molar-refractivity contribution < 1.29 is 22.4 Å². The molecular weight excluding hydrogens is 216 g/mol. The quantitative estimate of drug-likeness (QED) is 0.718. The number of carbonyl (C=O) groups is 1. The Morgan fingerprint density at radius 1 is 1.40 bits per heavy atom. The van der Waals surface area contributed by atoms with Gasteiger partial charge in [-0.25, -0.2) is 8.78 Å². The van der Waals surface area contributed by atoms with Gasteiger partial charge in [0.05, 0.1) is 0 Å². The van der Waals surface area contributed by atoms with E-state index in [1.165, 1.54) is 13.8 Å². The lowest BCUT2D eigenvalue weighted by molar-refractivity contribution is -0.182. The van der Waals surface area contributed by atoms with Crippen LogP contribution in [0.15, 0.2) is 0 Å². The SMILES string of the molecule is CC(C)N(CCN)C(=O)C(F)(F)C(F)F. The summed E-state index contributed by atoms with van der Waals surface area (Å²) in [5.74, 6) is -6.52. The fraction of sp³-hybridized carbons (Fsp3) is 0.875. The third-order valence-electron chi connectivity index (χ3n) is 1.81. The molecule has 3 nitrogen and oxygen atoms in total. The van der Waals surface area contributed by atoms with E-state index in [-0.39, 0.29) is 13.1 Å². The van der Waals surface area contributed by atoms with Crippen molar-refractivity contribution in [2.75, 3.05) is 13.1 Å². The van der Waals surface area contributed by atoms with Crippen molar-refractivity contribution >= 4 is 5.91 Å². The molecular formula is C8H14F4N2O. The first-order valence-electron chi connectivity index (χ1n) is 4.42. The van der Waals surface area contributed by atoms with Crippen molar-refractivity contribution in [3.63, 3.8) is 0 Å². The van der Waals surface area contributed by atoms with E-state index in [4.69, 9.17) is 5.73 Å². The summed E-state index contributed by atoms with van der Waals surface area (Å²) in [6.45, 7) is 2.69. The Bertz CT molecular complexity index is 221. The van der Waals surface area contributed by atoms with E-state index >= 15 is 0 Å². The van der Waals surface area contributed by atoms with Crippen LogP contribution in [-0.4, -0.2) is 42.3 Å². The van der Waals surface area contributed by atoms with E-state index < -0.39 is 24.3 Å². The van der Waals surface area contributed by atoms with Gasteiger partial charge >= 0.3 is 12.3 Å². The molecule has 15 heavy (non-hydrogen) atoms. The molecule has 0 radical (unpaired) electrons. The van der Waals surface area contributed by atoms with Gasteiger partial charge in [-0.05, 0) is 13.8 Å². The summed E-state index contributed by atoms with van der Waals surface area (Å²) in [4.78, 5) is 11.7. The summed E-state index contributed by atoms with van der Waals surface area (Å²) in [7, 11) is 0. The van der Waals surface area contributed by atoms with E-state index in [2.05, 4.69) is 0 Å². The maximum absolute atomic E-state index is 12.7. The molecule has 2 N–H and O–H groups in total. The topological polar surface area (TPSA) is 46.3 Å². The van der Waals surface area contributed by atoms with E-state index in [1.54, 1.807) is 0 Å². The molecule has 7 heteroatoms. The van der Waals surface area contributed by atoms with Gasteiger partial charge in [0.1, 0.15) is 0 Å². The number of halogens is 4. The lowest BCUT2D eigenvalue weighted by Crippen LogP contribution is -2.51. The third-order valence-corrected chi connectivity index (χ3v) is 1.81. The molecule has 0 fully saturated rings. The van der Waals surface area contributed by atoms with Gasteiger partial charge in [0, 0.05) is 19.1 Å². The molecule has 0 spiro atoms. The van der Waals surface area contributed by atoms with Crippen LogP contribution >= 0.6 is 0 Å². The number of nitrogens with zero attached hydrogens (tertiary/aromatic N) is 1. The first-order valence-corrected chi connectivity index (χ1v) is 4.42.